The molecule has 1 N–H and O–H groups in total. The van der Waals surface area contributed by atoms with E-state index in [1.807, 2.05) is 30.3 Å². The Labute approximate surface area is 158 Å². The van der Waals surface area contributed by atoms with Gasteiger partial charge in [0.2, 0.25) is 5.91 Å². The third-order valence-corrected chi connectivity index (χ3v) is 3.98. The van der Waals surface area contributed by atoms with Crippen molar-refractivity contribution in [2.45, 2.75) is 13.1 Å². The minimum atomic E-state index is -0.642. The zero-order valence-corrected chi connectivity index (χ0v) is 14.6. The van der Waals surface area contributed by atoms with Crippen LogP contribution in [0.25, 0.3) is 0 Å². The number of rotatable bonds is 6. The highest BCUT2D eigenvalue weighted by atomic mass is 16.6. The fourth-order valence-electron chi connectivity index (χ4n) is 2.64. The van der Waals surface area contributed by atoms with Gasteiger partial charge < -0.3 is 5.32 Å². The van der Waals surface area contributed by atoms with Crippen LogP contribution in [-0.2, 0) is 17.9 Å². The van der Waals surface area contributed by atoms with Crippen LogP contribution in [0.15, 0.2) is 76.4 Å². The number of amides is 1. The van der Waals surface area contributed by atoms with Crippen LogP contribution >= 0.6 is 0 Å². The Morgan fingerprint density at radius 2 is 1.79 bits per heavy atom. The van der Waals surface area contributed by atoms with E-state index >= 15 is 0 Å². The summed E-state index contributed by atoms with van der Waals surface area (Å²) >= 11 is 0. The van der Waals surface area contributed by atoms with Gasteiger partial charge >= 0.3 is 5.69 Å². The molecular weight excluding hydrogens is 364 g/mol. The first kappa shape index (κ1) is 18.8. The molecule has 0 atom stereocenters. The van der Waals surface area contributed by atoms with Crippen LogP contribution in [-0.4, -0.2) is 20.0 Å². The Morgan fingerprint density at radius 1 is 1.04 bits per heavy atom. The standard InChI is InChI=1S/C19H16N4O5/c24-17(20-15-7-4-8-16(11-15)23(27)28)13-22-18(25)9-10-21(19(22)26)12-14-5-2-1-3-6-14/h1-11H,12-13H2,(H,20,24). The average Bonchev–Trinajstić information content (AvgIpc) is 2.68. The fourth-order valence-corrected chi connectivity index (χ4v) is 2.64. The van der Waals surface area contributed by atoms with E-state index in [1.54, 1.807) is 0 Å². The van der Waals surface area contributed by atoms with Crippen molar-refractivity contribution < 1.29 is 9.72 Å². The lowest BCUT2D eigenvalue weighted by atomic mass is 10.2. The molecule has 0 unspecified atom stereocenters. The summed E-state index contributed by atoms with van der Waals surface area (Å²) in [5.41, 5.74) is -0.336. The number of carbonyl (C=O) groups excluding carboxylic acids is 1. The Bertz CT molecular complexity index is 1130. The molecule has 1 aromatic heterocycles. The van der Waals surface area contributed by atoms with Crippen molar-refractivity contribution in [2.24, 2.45) is 0 Å². The Kier molecular flexibility index (Phi) is 5.45. The molecule has 0 fully saturated rings. The van der Waals surface area contributed by atoms with Gasteiger partial charge in [-0.1, -0.05) is 36.4 Å². The Balaban J connectivity index is 1.80. The summed E-state index contributed by atoms with van der Waals surface area (Å²) in [4.78, 5) is 47.1. The highest BCUT2D eigenvalue weighted by Gasteiger charge is 2.12. The SMILES string of the molecule is O=C(Cn1c(=O)ccn(Cc2ccccc2)c1=O)Nc1cccc([N+](=O)[O-])c1. The lowest BCUT2D eigenvalue weighted by Gasteiger charge is -2.10. The molecule has 3 rings (SSSR count). The summed E-state index contributed by atoms with van der Waals surface area (Å²) in [5.74, 6) is -0.642. The molecule has 9 heteroatoms. The molecule has 142 valence electrons. The van der Waals surface area contributed by atoms with Crippen molar-refractivity contribution in [1.29, 1.82) is 0 Å². The molecule has 0 radical (unpaired) electrons. The number of benzene rings is 2. The van der Waals surface area contributed by atoms with Gasteiger partial charge in [0.15, 0.2) is 0 Å². The van der Waals surface area contributed by atoms with Gasteiger partial charge in [-0.2, -0.15) is 0 Å². The van der Waals surface area contributed by atoms with Gasteiger partial charge in [0, 0.05) is 30.1 Å². The number of carbonyl (C=O) groups is 1. The Hall–Kier alpha value is -4.01. The second-order valence-electron chi connectivity index (χ2n) is 5.99. The van der Waals surface area contributed by atoms with Crippen molar-refractivity contribution in [2.75, 3.05) is 5.32 Å². The van der Waals surface area contributed by atoms with Crippen LogP contribution in [0.4, 0.5) is 11.4 Å². The van der Waals surface area contributed by atoms with E-state index in [0.717, 1.165) is 10.1 Å². The maximum Gasteiger partial charge on any atom is 0.331 e. The maximum atomic E-state index is 12.6. The van der Waals surface area contributed by atoms with E-state index in [2.05, 4.69) is 5.32 Å². The average molecular weight is 380 g/mol. The van der Waals surface area contributed by atoms with Crippen LogP contribution in [0.5, 0.6) is 0 Å². The topological polar surface area (TPSA) is 116 Å². The summed E-state index contributed by atoms with van der Waals surface area (Å²) in [5, 5.41) is 13.3. The van der Waals surface area contributed by atoms with E-state index < -0.39 is 28.6 Å². The number of non-ortho nitro benzene ring substituents is 1. The first-order valence-corrected chi connectivity index (χ1v) is 8.32. The number of nitrogens with one attached hydrogen (secondary N) is 1. The molecule has 0 saturated carbocycles. The largest absolute Gasteiger partial charge is 0.331 e. The van der Waals surface area contributed by atoms with Crippen LogP contribution in [0.2, 0.25) is 0 Å². The summed E-state index contributed by atoms with van der Waals surface area (Å²) < 4.78 is 2.15. The van der Waals surface area contributed by atoms with E-state index in [9.17, 15) is 24.5 Å². The number of hydrogen-bond acceptors (Lipinski definition) is 5. The molecule has 28 heavy (non-hydrogen) atoms. The molecule has 0 aliphatic heterocycles. The molecule has 3 aromatic rings. The van der Waals surface area contributed by atoms with Gasteiger partial charge in [-0.05, 0) is 11.6 Å². The lowest BCUT2D eigenvalue weighted by molar-refractivity contribution is -0.384. The second kappa shape index (κ2) is 8.12. The summed E-state index contributed by atoms with van der Waals surface area (Å²) in [7, 11) is 0. The smallest absolute Gasteiger partial charge is 0.324 e. The van der Waals surface area contributed by atoms with E-state index in [-0.39, 0.29) is 17.9 Å². The van der Waals surface area contributed by atoms with Crippen LogP contribution in [0, 0.1) is 10.1 Å². The van der Waals surface area contributed by atoms with E-state index in [4.69, 9.17) is 0 Å². The zero-order valence-electron chi connectivity index (χ0n) is 14.6. The number of nitro groups is 1. The number of hydrogen-bond donors (Lipinski definition) is 1. The molecule has 2 aromatic carbocycles. The third-order valence-electron chi connectivity index (χ3n) is 3.98. The normalized spacial score (nSPS) is 10.4. The molecule has 1 heterocycles. The molecule has 1 amide bonds. The monoisotopic (exact) mass is 380 g/mol. The molecule has 0 bridgehead atoms. The number of anilines is 1. The highest BCUT2D eigenvalue weighted by molar-refractivity contribution is 5.90. The zero-order chi connectivity index (χ0) is 20.1. The number of nitrogens with zero attached hydrogens (tertiary/aromatic N) is 3. The molecule has 0 spiro atoms. The maximum absolute atomic E-state index is 12.6. The van der Waals surface area contributed by atoms with E-state index in [1.165, 1.54) is 41.1 Å². The van der Waals surface area contributed by atoms with Gasteiger partial charge in [0.05, 0.1) is 11.5 Å². The summed E-state index contributed by atoms with van der Waals surface area (Å²) in [6.45, 7) is -0.248. The van der Waals surface area contributed by atoms with Crippen LogP contribution in [0.1, 0.15) is 5.56 Å². The predicted molar refractivity (Wildman–Crippen MR) is 102 cm³/mol. The second-order valence-corrected chi connectivity index (χ2v) is 5.99. The Morgan fingerprint density at radius 3 is 2.50 bits per heavy atom. The lowest BCUT2D eigenvalue weighted by Crippen LogP contribution is -2.41. The first-order valence-electron chi connectivity index (χ1n) is 8.32. The first-order chi connectivity index (χ1) is 13.4. The van der Waals surface area contributed by atoms with Gasteiger partial charge in [0.25, 0.3) is 11.2 Å². The van der Waals surface area contributed by atoms with Crippen LogP contribution < -0.4 is 16.6 Å². The van der Waals surface area contributed by atoms with Crippen molar-refractivity contribution in [3.8, 4) is 0 Å². The number of aromatic nitrogens is 2. The quantitative estimate of drug-likeness (QED) is 0.515. The summed E-state index contributed by atoms with van der Waals surface area (Å²) in [6, 6.07) is 15.8. The van der Waals surface area contributed by atoms with Gasteiger partial charge in [-0.3, -0.25) is 28.8 Å². The molecule has 9 nitrogen and oxygen atoms in total. The summed E-state index contributed by atoms with van der Waals surface area (Å²) in [6.07, 6.45) is 1.38. The van der Waals surface area contributed by atoms with Crippen molar-refractivity contribution >= 4 is 17.3 Å². The van der Waals surface area contributed by atoms with Gasteiger partial charge in [-0.25, -0.2) is 4.79 Å². The molecule has 0 aliphatic carbocycles. The van der Waals surface area contributed by atoms with Crippen molar-refractivity contribution in [3.05, 3.63) is 103 Å². The number of nitro benzene ring substituents is 1. The molecule has 0 saturated heterocycles. The minimum absolute atomic E-state index is 0.181. The van der Waals surface area contributed by atoms with Crippen molar-refractivity contribution in [1.82, 2.24) is 9.13 Å². The third kappa shape index (κ3) is 4.39. The van der Waals surface area contributed by atoms with Gasteiger partial charge in [0.1, 0.15) is 6.54 Å². The van der Waals surface area contributed by atoms with Crippen molar-refractivity contribution in [3.63, 3.8) is 0 Å². The van der Waals surface area contributed by atoms with E-state index in [0.29, 0.717) is 0 Å². The molecular formula is C19H16N4O5. The van der Waals surface area contributed by atoms with Crippen LogP contribution in [0.3, 0.4) is 0 Å². The minimum Gasteiger partial charge on any atom is -0.324 e. The fraction of sp³-hybridized carbons (Fsp3) is 0.105. The molecule has 0 aliphatic rings. The predicted octanol–water partition coefficient (Wildman–Crippen LogP) is 1.61. The highest BCUT2D eigenvalue weighted by Crippen LogP contribution is 2.16. The van der Waals surface area contributed by atoms with Gasteiger partial charge in [-0.15, -0.1) is 0 Å².